The van der Waals surface area contributed by atoms with Gasteiger partial charge in [0.15, 0.2) is 0 Å². The van der Waals surface area contributed by atoms with Crippen molar-refractivity contribution in [1.82, 2.24) is 14.9 Å². The third kappa shape index (κ3) is 4.17. The van der Waals surface area contributed by atoms with Crippen LogP contribution in [0.15, 0.2) is 43.0 Å². The Bertz CT molecular complexity index is 712. The van der Waals surface area contributed by atoms with E-state index in [-0.39, 0.29) is 24.2 Å². The molecule has 0 radical (unpaired) electrons. The smallest absolute Gasteiger partial charge is 0.227 e. The van der Waals surface area contributed by atoms with Crippen LogP contribution in [0.3, 0.4) is 0 Å². The second kappa shape index (κ2) is 7.83. The fourth-order valence-corrected chi connectivity index (χ4v) is 2.89. The number of rotatable bonds is 7. The predicted octanol–water partition coefficient (Wildman–Crippen LogP) is 1.45. The molecule has 1 saturated heterocycles. The minimum absolute atomic E-state index is 0.0288. The van der Waals surface area contributed by atoms with Crippen LogP contribution in [0.5, 0.6) is 5.75 Å². The van der Waals surface area contributed by atoms with E-state index in [1.807, 2.05) is 42.0 Å². The molecule has 3 rings (SSSR count). The van der Waals surface area contributed by atoms with Crippen LogP contribution in [0.1, 0.15) is 13.3 Å². The number of nitrogens with one attached hydrogen (secondary N) is 1. The summed E-state index contributed by atoms with van der Waals surface area (Å²) < 4.78 is 7.31. The van der Waals surface area contributed by atoms with Gasteiger partial charge in [0.2, 0.25) is 11.8 Å². The molecule has 7 nitrogen and oxygen atoms in total. The van der Waals surface area contributed by atoms with Gasteiger partial charge < -0.3 is 19.5 Å². The largest absolute Gasteiger partial charge is 0.494 e. The maximum absolute atomic E-state index is 12.3. The molecule has 0 unspecified atom stereocenters. The van der Waals surface area contributed by atoms with Crippen LogP contribution in [0.4, 0.5) is 5.69 Å². The van der Waals surface area contributed by atoms with Gasteiger partial charge in [-0.2, -0.15) is 0 Å². The zero-order valence-electron chi connectivity index (χ0n) is 14.2. The molecule has 2 heterocycles. The van der Waals surface area contributed by atoms with E-state index in [0.29, 0.717) is 26.2 Å². The third-order valence-corrected chi connectivity index (χ3v) is 4.18. The third-order valence-electron chi connectivity index (χ3n) is 4.18. The number of hydrogen-bond donors (Lipinski definition) is 1. The van der Waals surface area contributed by atoms with Crippen molar-refractivity contribution in [3.63, 3.8) is 0 Å². The topological polar surface area (TPSA) is 76.5 Å². The average molecular weight is 342 g/mol. The van der Waals surface area contributed by atoms with Gasteiger partial charge in [-0.1, -0.05) is 0 Å². The lowest BCUT2D eigenvalue weighted by atomic mass is 10.1. The van der Waals surface area contributed by atoms with Crippen molar-refractivity contribution in [1.29, 1.82) is 0 Å². The summed E-state index contributed by atoms with van der Waals surface area (Å²) >= 11 is 0. The average Bonchev–Trinajstić information content (AvgIpc) is 3.26. The summed E-state index contributed by atoms with van der Waals surface area (Å²) in [4.78, 5) is 30.2. The van der Waals surface area contributed by atoms with Crippen LogP contribution in [-0.4, -0.2) is 41.1 Å². The van der Waals surface area contributed by atoms with Crippen molar-refractivity contribution in [3.8, 4) is 5.75 Å². The lowest BCUT2D eigenvalue weighted by Gasteiger charge is -2.17. The van der Waals surface area contributed by atoms with Gasteiger partial charge in [0.05, 0.1) is 18.9 Å². The van der Waals surface area contributed by atoms with Crippen molar-refractivity contribution >= 4 is 17.5 Å². The summed E-state index contributed by atoms with van der Waals surface area (Å²) in [6.45, 7) is 4.11. The molecule has 7 heteroatoms. The summed E-state index contributed by atoms with van der Waals surface area (Å²) in [6, 6.07) is 7.37. The fourth-order valence-electron chi connectivity index (χ4n) is 2.89. The monoisotopic (exact) mass is 342 g/mol. The van der Waals surface area contributed by atoms with Crippen LogP contribution in [-0.2, 0) is 16.1 Å². The van der Waals surface area contributed by atoms with E-state index in [1.165, 1.54) is 0 Å². The van der Waals surface area contributed by atoms with E-state index in [4.69, 9.17) is 4.74 Å². The van der Waals surface area contributed by atoms with Crippen molar-refractivity contribution in [2.45, 2.75) is 19.9 Å². The first kappa shape index (κ1) is 17.0. The number of carbonyl (C=O) groups excluding carboxylic acids is 2. The van der Waals surface area contributed by atoms with Gasteiger partial charge in [-0.15, -0.1) is 0 Å². The Morgan fingerprint density at radius 2 is 2.16 bits per heavy atom. The molecular weight excluding hydrogens is 320 g/mol. The molecule has 0 spiro atoms. The Kier molecular flexibility index (Phi) is 5.33. The predicted molar refractivity (Wildman–Crippen MR) is 93.3 cm³/mol. The Morgan fingerprint density at radius 1 is 1.36 bits per heavy atom. The molecule has 2 aromatic rings. The SMILES string of the molecule is CCOc1ccc(N2C[C@@H](C(=O)NCCn3ccnc3)CC2=O)cc1. The molecule has 2 amide bonds. The number of ether oxygens (including phenoxy) is 1. The summed E-state index contributed by atoms with van der Waals surface area (Å²) in [5, 5.41) is 2.89. The van der Waals surface area contributed by atoms with Gasteiger partial charge in [0, 0.05) is 44.1 Å². The zero-order chi connectivity index (χ0) is 17.6. The van der Waals surface area contributed by atoms with E-state index in [1.54, 1.807) is 17.4 Å². The molecule has 0 bridgehead atoms. The molecule has 1 aliphatic heterocycles. The minimum Gasteiger partial charge on any atom is -0.494 e. The van der Waals surface area contributed by atoms with Gasteiger partial charge in [0.1, 0.15) is 5.75 Å². The molecule has 1 fully saturated rings. The molecule has 1 aromatic heterocycles. The van der Waals surface area contributed by atoms with Crippen LogP contribution in [0.25, 0.3) is 0 Å². The maximum atomic E-state index is 12.3. The second-order valence-corrected chi connectivity index (χ2v) is 5.92. The number of nitrogens with zero attached hydrogens (tertiary/aromatic N) is 3. The Labute approximate surface area is 146 Å². The highest BCUT2D eigenvalue weighted by Crippen LogP contribution is 2.27. The number of hydrogen-bond acceptors (Lipinski definition) is 4. The molecule has 1 atom stereocenters. The molecule has 25 heavy (non-hydrogen) atoms. The van der Waals surface area contributed by atoms with Gasteiger partial charge in [-0.05, 0) is 31.2 Å². The molecule has 1 aromatic carbocycles. The molecule has 0 aliphatic carbocycles. The number of benzene rings is 1. The summed E-state index contributed by atoms with van der Waals surface area (Å²) in [5.74, 6) is 0.342. The maximum Gasteiger partial charge on any atom is 0.227 e. The summed E-state index contributed by atoms with van der Waals surface area (Å²) in [7, 11) is 0. The standard InChI is InChI=1S/C18H22N4O3/c1-2-25-16-5-3-15(4-6-16)22-12-14(11-17(22)23)18(24)20-8-10-21-9-7-19-13-21/h3-7,9,13-14H,2,8,10-12H2,1H3,(H,20,24)/t14-/m0/s1. The van der Waals surface area contributed by atoms with Crippen LogP contribution in [0, 0.1) is 5.92 Å². The number of anilines is 1. The second-order valence-electron chi connectivity index (χ2n) is 5.92. The van der Waals surface area contributed by atoms with Gasteiger partial charge in [-0.3, -0.25) is 9.59 Å². The highest BCUT2D eigenvalue weighted by atomic mass is 16.5. The molecule has 1 aliphatic rings. The number of carbonyl (C=O) groups is 2. The lowest BCUT2D eigenvalue weighted by Crippen LogP contribution is -2.34. The first-order chi connectivity index (χ1) is 12.2. The number of amides is 2. The Balaban J connectivity index is 1.53. The Hall–Kier alpha value is -2.83. The summed E-state index contributed by atoms with van der Waals surface area (Å²) in [5.41, 5.74) is 0.794. The number of aromatic nitrogens is 2. The quantitative estimate of drug-likeness (QED) is 0.826. The minimum atomic E-state index is -0.318. The van der Waals surface area contributed by atoms with E-state index in [0.717, 1.165) is 11.4 Å². The van der Waals surface area contributed by atoms with Crippen molar-refractivity contribution in [2.24, 2.45) is 5.92 Å². The molecule has 0 saturated carbocycles. The fraction of sp³-hybridized carbons (Fsp3) is 0.389. The molecular formula is C18H22N4O3. The Morgan fingerprint density at radius 3 is 2.84 bits per heavy atom. The first-order valence-corrected chi connectivity index (χ1v) is 8.44. The van der Waals surface area contributed by atoms with Crippen LogP contribution < -0.4 is 15.0 Å². The number of imidazole rings is 1. The van der Waals surface area contributed by atoms with Crippen molar-refractivity contribution in [3.05, 3.63) is 43.0 Å². The van der Waals surface area contributed by atoms with Crippen molar-refractivity contribution < 1.29 is 14.3 Å². The van der Waals surface area contributed by atoms with Gasteiger partial charge in [-0.25, -0.2) is 4.98 Å². The first-order valence-electron chi connectivity index (χ1n) is 8.44. The highest BCUT2D eigenvalue weighted by Gasteiger charge is 2.34. The van der Waals surface area contributed by atoms with Gasteiger partial charge >= 0.3 is 0 Å². The van der Waals surface area contributed by atoms with E-state index >= 15 is 0 Å². The molecule has 132 valence electrons. The zero-order valence-corrected chi connectivity index (χ0v) is 14.2. The van der Waals surface area contributed by atoms with Crippen molar-refractivity contribution in [2.75, 3.05) is 24.6 Å². The van der Waals surface area contributed by atoms with Crippen LogP contribution in [0.2, 0.25) is 0 Å². The normalized spacial score (nSPS) is 16.9. The van der Waals surface area contributed by atoms with E-state index in [2.05, 4.69) is 10.3 Å². The van der Waals surface area contributed by atoms with Crippen LogP contribution >= 0.6 is 0 Å². The van der Waals surface area contributed by atoms with Gasteiger partial charge in [0.25, 0.3) is 0 Å². The van der Waals surface area contributed by atoms with E-state index < -0.39 is 0 Å². The van der Waals surface area contributed by atoms with E-state index in [9.17, 15) is 9.59 Å². The molecule has 1 N–H and O–H groups in total. The summed E-state index contributed by atoms with van der Waals surface area (Å²) in [6.07, 6.45) is 5.49. The lowest BCUT2D eigenvalue weighted by molar-refractivity contribution is -0.126. The highest BCUT2D eigenvalue weighted by molar-refractivity contribution is 6.00.